The number of nitrogens with one attached hydrogen (secondary N) is 1. The molecule has 2 N–H and O–H groups in total. The Balaban J connectivity index is 2.52. The summed E-state index contributed by atoms with van der Waals surface area (Å²) in [5.41, 5.74) is 0.208. The zero-order chi connectivity index (χ0) is 17.5. The molecule has 0 aliphatic carbocycles. The van der Waals surface area contributed by atoms with E-state index >= 15 is 0 Å². The number of hydrogen-bond acceptors (Lipinski definition) is 3. The van der Waals surface area contributed by atoms with E-state index in [0.29, 0.717) is 25.9 Å². The average molecular weight is 325 g/mol. The second-order valence-electron chi connectivity index (χ2n) is 6.20. The van der Waals surface area contributed by atoms with E-state index in [1.807, 2.05) is 19.9 Å². The molecular formula is C18H28FNO3. The molecule has 0 heterocycles. The standard InChI is InChI=1S/C18H28FNO3/c1-5-18(6-2,17(21)22)12-20-11-13(3)9-14-7-8-16(23-4)15(19)10-14/h7-8,10,13,20H,5-6,9,11-12H2,1-4H3,(H,21,22). The number of hydrogen-bond donors (Lipinski definition) is 2. The normalized spacial score (nSPS) is 12.9. The first-order valence-corrected chi connectivity index (χ1v) is 8.15. The van der Waals surface area contributed by atoms with Crippen LogP contribution in [0.3, 0.4) is 0 Å². The van der Waals surface area contributed by atoms with Crippen LogP contribution in [0.2, 0.25) is 0 Å². The second-order valence-corrected chi connectivity index (χ2v) is 6.20. The molecule has 0 amide bonds. The predicted molar refractivity (Wildman–Crippen MR) is 89.3 cm³/mol. The molecule has 0 aliphatic rings. The lowest BCUT2D eigenvalue weighted by Gasteiger charge is -2.27. The van der Waals surface area contributed by atoms with Crippen LogP contribution in [0.5, 0.6) is 5.75 Å². The van der Waals surface area contributed by atoms with Gasteiger partial charge in [-0.15, -0.1) is 0 Å². The van der Waals surface area contributed by atoms with Gasteiger partial charge in [0.2, 0.25) is 0 Å². The number of carbonyl (C=O) groups is 1. The van der Waals surface area contributed by atoms with Crippen LogP contribution in [0.1, 0.15) is 39.2 Å². The molecule has 0 radical (unpaired) electrons. The van der Waals surface area contributed by atoms with Crippen LogP contribution in [0.4, 0.5) is 4.39 Å². The van der Waals surface area contributed by atoms with Crippen molar-refractivity contribution < 1.29 is 19.0 Å². The SMILES string of the molecule is CCC(CC)(CNCC(C)Cc1ccc(OC)c(F)c1)C(=O)O. The quantitative estimate of drug-likeness (QED) is 0.691. The number of carboxylic acid groups (broad SMARTS) is 1. The molecule has 0 aliphatic heterocycles. The van der Waals surface area contributed by atoms with E-state index in [9.17, 15) is 14.3 Å². The van der Waals surface area contributed by atoms with Gasteiger partial charge in [-0.3, -0.25) is 4.79 Å². The Bertz CT molecular complexity index is 515. The van der Waals surface area contributed by atoms with Crippen LogP contribution in [0.25, 0.3) is 0 Å². The van der Waals surface area contributed by atoms with Gasteiger partial charge >= 0.3 is 5.97 Å². The number of methoxy groups -OCH3 is 1. The van der Waals surface area contributed by atoms with Crippen LogP contribution in [-0.4, -0.2) is 31.3 Å². The fraction of sp³-hybridized carbons (Fsp3) is 0.611. The molecule has 1 aromatic carbocycles. The number of benzene rings is 1. The first kappa shape index (κ1) is 19.4. The lowest BCUT2D eigenvalue weighted by atomic mass is 9.82. The molecule has 4 nitrogen and oxygen atoms in total. The smallest absolute Gasteiger partial charge is 0.310 e. The largest absolute Gasteiger partial charge is 0.494 e. The van der Waals surface area contributed by atoms with Gasteiger partial charge in [-0.25, -0.2) is 4.39 Å². The van der Waals surface area contributed by atoms with E-state index in [2.05, 4.69) is 12.2 Å². The minimum atomic E-state index is -0.750. The minimum absolute atomic E-state index is 0.247. The average Bonchev–Trinajstić information content (AvgIpc) is 2.51. The van der Waals surface area contributed by atoms with Gasteiger partial charge in [0, 0.05) is 6.54 Å². The fourth-order valence-corrected chi connectivity index (χ4v) is 2.75. The molecule has 5 heteroatoms. The van der Waals surface area contributed by atoms with E-state index < -0.39 is 11.4 Å². The van der Waals surface area contributed by atoms with Gasteiger partial charge in [0.15, 0.2) is 11.6 Å². The van der Waals surface area contributed by atoms with Crippen LogP contribution < -0.4 is 10.1 Å². The summed E-state index contributed by atoms with van der Waals surface area (Å²) in [6.45, 7) is 7.03. The van der Waals surface area contributed by atoms with Gasteiger partial charge < -0.3 is 15.2 Å². The van der Waals surface area contributed by atoms with Gasteiger partial charge in [-0.05, 0) is 49.4 Å². The Morgan fingerprint density at radius 3 is 2.52 bits per heavy atom. The molecule has 23 heavy (non-hydrogen) atoms. The number of aliphatic carboxylic acids is 1. The third-order valence-corrected chi connectivity index (χ3v) is 4.56. The first-order chi connectivity index (χ1) is 10.9. The number of rotatable bonds is 10. The molecule has 0 fully saturated rings. The van der Waals surface area contributed by atoms with Crippen molar-refractivity contribution in [3.63, 3.8) is 0 Å². The van der Waals surface area contributed by atoms with E-state index in [4.69, 9.17) is 4.74 Å². The summed E-state index contributed by atoms with van der Waals surface area (Å²) in [6.07, 6.45) is 1.93. The van der Waals surface area contributed by atoms with Crippen LogP contribution in [-0.2, 0) is 11.2 Å². The van der Waals surface area contributed by atoms with Crippen molar-refractivity contribution in [2.75, 3.05) is 20.2 Å². The highest BCUT2D eigenvalue weighted by molar-refractivity contribution is 5.74. The van der Waals surface area contributed by atoms with Crippen LogP contribution in [0, 0.1) is 17.2 Å². The summed E-state index contributed by atoms with van der Waals surface area (Å²) in [5.74, 6) is -0.577. The van der Waals surface area contributed by atoms with Crippen molar-refractivity contribution in [3.05, 3.63) is 29.6 Å². The second kappa shape index (κ2) is 8.87. The van der Waals surface area contributed by atoms with E-state index in [1.54, 1.807) is 6.07 Å². The molecule has 0 bridgehead atoms. The van der Waals surface area contributed by atoms with Crippen LogP contribution in [0.15, 0.2) is 18.2 Å². The Labute approximate surface area is 138 Å². The molecule has 1 rings (SSSR count). The monoisotopic (exact) mass is 325 g/mol. The predicted octanol–water partition coefficient (Wildman–Crippen LogP) is 3.49. The molecule has 0 aromatic heterocycles. The highest BCUT2D eigenvalue weighted by atomic mass is 19.1. The summed E-state index contributed by atoms with van der Waals surface area (Å²) in [6, 6.07) is 4.99. The number of carboxylic acids is 1. The molecule has 1 atom stereocenters. The van der Waals surface area contributed by atoms with E-state index in [-0.39, 0.29) is 17.5 Å². The van der Waals surface area contributed by atoms with Crippen molar-refractivity contribution in [1.29, 1.82) is 0 Å². The maximum atomic E-state index is 13.7. The van der Waals surface area contributed by atoms with E-state index in [1.165, 1.54) is 13.2 Å². The topological polar surface area (TPSA) is 58.6 Å². The van der Waals surface area contributed by atoms with Gasteiger partial charge in [-0.1, -0.05) is 26.8 Å². The van der Waals surface area contributed by atoms with Gasteiger partial charge in [0.25, 0.3) is 0 Å². The lowest BCUT2D eigenvalue weighted by molar-refractivity contribution is -0.149. The first-order valence-electron chi connectivity index (χ1n) is 8.15. The third-order valence-electron chi connectivity index (χ3n) is 4.56. The third kappa shape index (κ3) is 5.20. The summed E-state index contributed by atoms with van der Waals surface area (Å²) in [7, 11) is 1.45. The Morgan fingerprint density at radius 2 is 2.04 bits per heavy atom. The summed E-state index contributed by atoms with van der Waals surface area (Å²) in [5, 5.41) is 12.7. The molecule has 130 valence electrons. The van der Waals surface area contributed by atoms with Crippen molar-refractivity contribution in [1.82, 2.24) is 5.32 Å². The van der Waals surface area contributed by atoms with Crippen molar-refractivity contribution in [2.24, 2.45) is 11.3 Å². The summed E-state index contributed by atoms with van der Waals surface area (Å²) >= 11 is 0. The lowest BCUT2D eigenvalue weighted by Crippen LogP contribution is -2.41. The maximum absolute atomic E-state index is 13.7. The molecule has 1 unspecified atom stereocenters. The van der Waals surface area contributed by atoms with E-state index in [0.717, 1.165) is 12.0 Å². The molecule has 0 spiro atoms. The van der Waals surface area contributed by atoms with Crippen molar-refractivity contribution in [2.45, 2.75) is 40.0 Å². The molecule has 1 aromatic rings. The van der Waals surface area contributed by atoms with Crippen molar-refractivity contribution >= 4 is 5.97 Å². The van der Waals surface area contributed by atoms with Gasteiger partial charge in [0.1, 0.15) is 0 Å². The van der Waals surface area contributed by atoms with Crippen molar-refractivity contribution in [3.8, 4) is 5.75 Å². The molecular weight excluding hydrogens is 297 g/mol. The zero-order valence-electron chi connectivity index (χ0n) is 14.5. The Hall–Kier alpha value is -1.62. The Kier molecular flexibility index (Phi) is 7.49. The fourth-order valence-electron chi connectivity index (χ4n) is 2.75. The maximum Gasteiger partial charge on any atom is 0.310 e. The molecule has 0 saturated carbocycles. The zero-order valence-corrected chi connectivity index (χ0v) is 14.5. The summed E-state index contributed by atoms with van der Waals surface area (Å²) in [4.78, 5) is 11.5. The highest BCUT2D eigenvalue weighted by Gasteiger charge is 2.34. The number of ether oxygens (including phenoxy) is 1. The molecule has 0 saturated heterocycles. The highest BCUT2D eigenvalue weighted by Crippen LogP contribution is 2.26. The summed E-state index contributed by atoms with van der Waals surface area (Å²) < 4.78 is 18.6. The van der Waals surface area contributed by atoms with Gasteiger partial charge in [-0.2, -0.15) is 0 Å². The number of halogens is 1. The van der Waals surface area contributed by atoms with Gasteiger partial charge in [0.05, 0.1) is 12.5 Å². The Morgan fingerprint density at radius 1 is 1.39 bits per heavy atom. The van der Waals surface area contributed by atoms with Crippen LogP contribution >= 0.6 is 0 Å². The minimum Gasteiger partial charge on any atom is -0.494 e.